The van der Waals surface area contributed by atoms with Crippen LogP contribution in [0.5, 0.6) is 0 Å². The lowest BCUT2D eigenvalue weighted by Crippen LogP contribution is -2.07. The lowest BCUT2D eigenvalue weighted by atomic mass is 10.4. The van der Waals surface area contributed by atoms with Crippen molar-refractivity contribution < 1.29 is 0 Å². The van der Waals surface area contributed by atoms with Crippen LogP contribution in [0.3, 0.4) is 0 Å². The molecule has 0 aliphatic carbocycles. The van der Waals surface area contributed by atoms with Crippen molar-refractivity contribution in [3.63, 3.8) is 0 Å². The van der Waals surface area contributed by atoms with Gasteiger partial charge in [0.25, 0.3) is 0 Å². The van der Waals surface area contributed by atoms with Crippen LogP contribution in [-0.2, 0) is 0 Å². The van der Waals surface area contributed by atoms with E-state index in [9.17, 15) is 0 Å². The van der Waals surface area contributed by atoms with Crippen molar-refractivity contribution in [2.75, 3.05) is 17.2 Å². The van der Waals surface area contributed by atoms with Gasteiger partial charge in [-0.05, 0) is 0 Å². The Bertz CT molecular complexity index is 274. The number of rotatable bonds is 1. The summed E-state index contributed by atoms with van der Waals surface area (Å²) in [5, 5.41) is 1.28. The van der Waals surface area contributed by atoms with E-state index in [0.717, 1.165) is 0 Å². The van der Waals surface area contributed by atoms with Gasteiger partial charge >= 0.3 is 0 Å². The number of anilines is 3. The molecule has 0 fully saturated rings. The number of thiocarbonyl (C=S) groups is 1. The third-order valence-electron chi connectivity index (χ3n) is 1.13. The van der Waals surface area contributed by atoms with Crippen LogP contribution >= 0.6 is 12.2 Å². The molecule has 11 heavy (non-hydrogen) atoms. The minimum atomic E-state index is 0.161. The van der Waals surface area contributed by atoms with Crippen LogP contribution < -0.4 is 17.2 Å². The van der Waals surface area contributed by atoms with Gasteiger partial charge in [-0.25, -0.2) is 9.97 Å². The molecule has 0 amide bonds. The smallest absolute Gasteiger partial charge is 0.167 e. The second-order valence-electron chi connectivity index (χ2n) is 1.88. The summed E-state index contributed by atoms with van der Waals surface area (Å²) in [5.41, 5.74) is 16.3. The molecule has 1 aromatic heterocycles. The molecule has 0 aliphatic rings. The van der Waals surface area contributed by atoms with Crippen molar-refractivity contribution in [2.24, 2.45) is 0 Å². The number of nitrogens with two attached hydrogens (primary N) is 3. The van der Waals surface area contributed by atoms with E-state index in [4.69, 9.17) is 17.2 Å². The Balaban J connectivity index is 3.31. The van der Waals surface area contributed by atoms with Gasteiger partial charge in [0, 0.05) is 5.37 Å². The highest BCUT2D eigenvalue weighted by Crippen LogP contribution is 2.16. The largest absolute Gasteiger partial charge is 0.393 e. The number of aromatic nitrogens is 2. The standard InChI is InChI=1S/C5H7N5S/c6-3-4(7)9-2(1-11)10-5(3)8/h1H,6H2,(H4,7,8,9,10). The molecule has 0 aromatic carbocycles. The Labute approximate surface area is 68.6 Å². The maximum Gasteiger partial charge on any atom is 0.167 e. The van der Waals surface area contributed by atoms with Gasteiger partial charge in [-0.2, -0.15) is 0 Å². The van der Waals surface area contributed by atoms with Crippen LogP contribution in [0.15, 0.2) is 0 Å². The Hall–Kier alpha value is -1.43. The van der Waals surface area contributed by atoms with Crippen molar-refractivity contribution in [1.29, 1.82) is 0 Å². The van der Waals surface area contributed by atoms with Gasteiger partial charge in [-0.15, -0.1) is 0 Å². The summed E-state index contributed by atoms with van der Waals surface area (Å²) < 4.78 is 0. The predicted octanol–water partition coefficient (Wildman–Crippen LogP) is -0.429. The monoisotopic (exact) mass is 169 g/mol. The molecule has 0 atom stereocenters. The van der Waals surface area contributed by atoms with E-state index in [2.05, 4.69) is 22.2 Å². The Morgan fingerprint density at radius 2 is 1.55 bits per heavy atom. The van der Waals surface area contributed by atoms with Gasteiger partial charge in [0.1, 0.15) is 5.69 Å². The quantitative estimate of drug-likeness (QED) is 0.493. The first kappa shape index (κ1) is 7.67. The van der Waals surface area contributed by atoms with Crippen molar-refractivity contribution in [3.8, 4) is 0 Å². The van der Waals surface area contributed by atoms with Crippen molar-refractivity contribution in [3.05, 3.63) is 5.82 Å². The van der Waals surface area contributed by atoms with E-state index in [1.807, 2.05) is 0 Å². The zero-order valence-corrected chi connectivity index (χ0v) is 6.43. The highest BCUT2D eigenvalue weighted by molar-refractivity contribution is 7.79. The van der Waals surface area contributed by atoms with Gasteiger partial charge in [0.05, 0.1) is 0 Å². The van der Waals surface area contributed by atoms with Crippen molar-refractivity contribution >= 4 is 34.9 Å². The van der Waals surface area contributed by atoms with Crippen LogP contribution in [0.4, 0.5) is 17.3 Å². The van der Waals surface area contributed by atoms with Crippen LogP contribution in [0.25, 0.3) is 0 Å². The Morgan fingerprint density at radius 1 is 1.09 bits per heavy atom. The van der Waals surface area contributed by atoms with Crippen LogP contribution in [0.1, 0.15) is 5.82 Å². The molecular weight excluding hydrogens is 162 g/mol. The molecule has 1 heterocycles. The second-order valence-corrected chi connectivity index (χ2v) is 2.12. The fourth-order valence-corrected chi connectivity index (χ4v) is 0.682. The van der Waals surface area contributed by atoms with Crippen molar-refractivity contribution in [2.45, 2.75) is 0 Å². The molecule has 0 saturated heterocycles. The van der Waals surface area contributed by atoms with Crippen LogP contribution in [-0.4, -0.2) is 15.3 Å². The normalized spacial score (nSPS) is 9.45. The molecule has 5 nitrogen and oxygen atoms in total. The molecule has 0 aliphatic heterocycles. The minimum Gasteiger partial charge on any atom is -0.393 e. The van der Waals surface area contributed by atoms with Gasteiger partial charge in [0.15, 0.2) is 17.5 Å². The summed E-state index contributed by atoms with van der Waals surface area (Å²) in [6.07, 6.45) is 0. The highest BCUT2D eigenvalue weighted by Gasteiger charge is 2.03. The number of nitrogens with zero attached hydrogens (tertiary/aromatic N) is 2. The Morgan fingerprint density at radius 3 is 1.91 bits per heavy atom. The average molecular weight is 169 g/mol. The lowest BCUT2D eigenvalue weighted by Gasteiger charge is -2.01. The van der Waals surface area contributed by atoms with Gasteiger partial charge in [-0.3, -0.25) is 0 Å². The molecule has 0 radical (unpaired) electrons. The van der Waals surface area contributed by atoms with E-state index in [1.165, 1.54) is 5.37 Å². The molecule has 6 heteroatoms. The molecule has 0 unspecified atom stereocenters. The van der Waals surface area contributed by atoms with Gasteiger partial charge in [-0.1, -0.05) is 12.2 Å². The second kappa shape index (κ2) is 2.67. The summed E-state index contributed by atoms with van der Waals surface area (Å²) in [6.45, 7) is 0. The zero-order chi connectivity index (χ0) is 8.43. The first-order valence-corrected chi connectivity index (χ1v) is 3.26. The van der Waals surface area contributed by atoms with Crippen LogP contribution in [0, 0.1) is 0 Å². The first-order valence-electron chi connectivity index (χ1n) is 2.78. The lowest BCUT2D eigenvalue weighted by molar-refractivity contribution is 1.17. The molecule has 6 N–H and O–H groups in total. The predicted molar refractivity (Wildman–Crippen MR) is 48.0 cm³/mol. The molecule has 0 bridgehead atoms. The number of hydrogen-bond donors (Lipinski definition) is 3. The maximum absolute atomic E-state index is 5.38. The highest BCUT2D eigenvalue weighted by atomic mass is 32.1. The summed E-state index contributed by atoms with van der Waals surface area (Å²) in [6, 6.07) is 0. The third-order valence-corrected chi connectivity index (χ3v) is 1.34. The molecule has 0 spiro atoms. The van der Waals surface area contributed by atoms with E-state index in [-0.39, 0.29) is 17.3 Å². The van der Waals surface area contributed by atoms with Crippen molar-refractivity contribution in [1.82, 2.24) is 9.97 Å². The summed E-state index contributed by atoms with van der Waals surface area (Å²) >= 11 is 4.58. The first-order chi connectivity index (χ1) is 5.15. The fraction of sp³-hybridized carbons (Fsp3) is 0. The summed E-state index contributed by atoms with van der Waals surface area (Å²) in [5.74, 6) is 0.631. The van der Waals surface area contributed by atoms with Crippen LogP contribution in [0.2, 0.25) is 0 Å². The number of hydrogen-bond acceptors (Lipinski definition) is 6. The number of nitrogen functional groups attached to an aromatic ring is 3. The topological polar surface area (TPSA) is 104 Å². The molecule has 0 saturated carbocycles. The molecular formula is C5H7N5S. The average Bonchev–Trinajstić information content (AvgIpc) is 1.99. The third kappa shape index (κ3) is 1.35. The molecule has 1 aromatic rings. The van der Waals surface area contributed by atoms with E-state index >= 15 is 0 Å². The van der Waals surface area contributed by atoms with Gasteiger partial charge < -0.3 is 17.2 Å². The van der Waals surface area contributed by atoms with E-state index in [1.54, 1.807) is 0 Å². The SMILES string of the molecule is Nc1nc(C=S)nc(N)c1N. The Kier molecular flexibility index (Phi) is 1.86. The fourth-order valence-electron chi connectivity index (χ4n) is 0.576. The molecule has 58 valence electrons. The van der Waals surface area contributed by atoms with Gasteiger partial charge in [0.2, 0.25) is 0 Å². The molecule has 1 rings (SSSR count). The summed E-state index contributed by atoms with van der Waals surface area (Å²) in [7, 11) is 0. The van der Waals surface area contributed by atoms with E-state index in [0.29, 0.717) is 5.82 Å². The maximum atomic E-state index is 5.38. The summed E-state index contributed by atoms with van der Waals surface area (Å²) in [4.78, 5) is 7.51. The minimum absolute atomic E-state index is 0.161. The van der Waals surface area contributed by atoms with E-state index < -0.39 is 0 Å². The zero-order valence-electron chi connectivity index (χ0n) is 5.61.